The quantitative estimate of drug-likeness (QED) is 0.489. The van der Waals surface area contributed by atoms with Gasteiger partial charge in [0.05, 0.1) is 23.2 Å². The fourth-order valence-corrected chi connectivity index (χ4v) is 1.99. The van der Waals surface area contributed by atoms with Crippen molar-refractivity contribution in [1.29, 1.82) is 0 Å². The van der Waals surface area contributed by atoms with Gasteiger partial charge in [0.25, 0.3) is 5.91 Å². The van der Waals surface area contributed by atoms with Crippen LogP contribution in [0.2, 0.25) is 5.02 Å². The lowest BCUT2D eigenvalue weighted by Crippen LogP contribution is -2.47. The zero-order valence-corrected chi connectivity index (χ0v) is 15.7. The third-order valence-corrected chi connectivity index (χ3v) is 3.62. The first-order valence-electron chi connectivity index (χ1n) is 7.65. The maximum Gasteiger partial charge on any atom is 0.252 e. The van der Waals surface area contributed by atoms with Crippen molar-refractivity contribution in [3.8, 4) is 0 Å². The number of rotatable bonds is 8. The molecule has 1 rings (SSSR count). The summed E-state index contributed by atoms with van der Waals surface area (Å²) in [6.07, 6.45) is 0. The van der Waals surface area contributed by atoms with E-state index < -0.39 is 6.04 Å². The highest BCUT2D eigenvalue weighted by atomic mass is 35.5. The summed E-state index contributed by atoms with van der Waals surface area (Å²) in [6, 6.07) is 6.05. The maximum absolute atomic E-state index is 11.9. The molecule has 0 aliphatic carbocycles. The molecule has 0 radical (unpaired) electrons. The van der Waals surface area contributed by atoms with Crippen molar-refractivity contribution in [1.82, 2.24) is 16.0 Å². The zero-order chi connectivity index (χ0) is 18.1. The Morgan fingerprint density at radius 1 is 1.08 bits per heavy atom. The predicted octanol–water partition coefficient (Wildman–Crippen LogP) is 0.707. The van der Waals surface area contributed by atoms with E-state index in [0.717, 1.165) is 0 Å². The van der Waals surface area contributed by atoms with Crippen LogP contribution in [0.15, 0.2) is 24.3 Å². The van der Waals surface area contributed by atoms with Crippen LogP contribution in [-0.2, 0) is 9.59 Å². The first-order chi connectivity index (χ1) is 11.3. The van der Waals surface area contributed by atoms with Gasteiger partial charge in [0.1, 0.15) is 0 Å². The summed E-state index contributed by atoms with van der Waals surface area (Å²) in [5.74, 6) is -1.04. The summed E-state index contributed by atoms with van der Waals surface area (Å²) in [4.78, 5) is 35.1. The van der Waals surface area contributed by atoms with Gasteiger partial charge >= 0.3 is 0 Å². The minimum atomic E-state index is -0.646. The van der Waals surface area contributed by atoms with Gasteiger partial charge in [0.2, 0.25) is 11.8 Å². The SMILES string of the molecule is CC(C)[C@H](N)C(=O)NCC(=O)NCCNC(=O)c1ccccc1Cl.Cl. The Kier molecular flexibility index (Phi) is 10.8. The molecule has 0 heterocycles. The average Bonchev–Trinajstić information content (AvgIpc) is 2.55. The molecular formula is C16H24Cl2N4O3. The van der Waals surface area contributed by atoms with Crippen molar-refractivity contribution in [3.05, 3.63) is 34.9 Å². The van der Waals surface area contributed by atoms with Gasteiger partial charge in [-0.2, -0.15) is 0 Å². The largest absolute Gasteiger partial charge is 0.353 e. The smallest absolute Gasteiger partial charge is 0.252 e. The minimum Gasteiger partial charge on any atom is -0.353 e. The van der Waals surface area contributed by atoms with Crippen LogP contribution in [0.4, 0.5) is 0 Å². The molecular weight excluding hydrogens is 367 g/mol. The molecule has 0 aliphatic rings. The highest BCUT2D eigenvalue weighted by Gasteiger charge is 2.17. The Balaban J connectivity index is 0.00000576. The molecule has 0 unspecified atom stereocenters. The highest BCUT2D eigenvalue weighted by Crippen LogP contribution is 2.14. The number of nitrogens with two attached hydrogens (primary N) is 1. The van der Waals surface area contributed by atoms with Gasteiger partial charge in [-0.25, -0.2) is 0 Å². The summed E-state index contributed by atoms with van der Waals surface area (Å²) in [5, 5.41) is 8.06. The fourth-order valence-electron chi connectivity index (χ4n) is 1.77. The van der Waals surface area contributed by atoms with E-state index in [0.29, 0.717) is 10.6 Å². The number of hydrogen-bond donors (Lipinski definition) is 4. The van der Waals surface area contributed by atoms with E-state index in [1.54, 1.807) is 24.3 Å². The maximum atomic E-state index is 11.9. The van der Waals surface area contributed by atoms with E-state index in [4.69, 9.17) is 17.3 Å². The first-order valence-corrected chi connectivity index (χ1v) is 8.03. The lowest BCUT2D eigenvalue weighted by Gasteiger charge is -2.15. The Morgan fingerprint density at radius 2 is 1.68 bits per heavy atom. The number of benzene rings is 1. The zero-order valence-electron chi connectivity index (χ0n) is 14.2. The van der Waals surface area contributed by atoms with Crippen LogP contribution in [0.25, 0.3) is 0 Å². The van der Waals surface area contributed by atoms with Gasteiger partial charge in [-0.3, -0.25) is 14.4 Å². The number of amides is 3. The molecule has 0 bridgehead atoms. The number of halogens is 2. The molecule has 0 spiro atoms. The lowest BCUT2D eigenvalue weighted by molar-refractivity contribution is -0.127. The molecule has 0 fully saturated rings. The lowest BCUT2D eigenvalue weighted by atomic mass is 10.1. The molecule has 0 saturated carbocycles. The molecule has 0 saturated heterocycles. The van der Waals surface area contributed by atoms with Crippen LogP contribution in [0, 0.1) is 5.92 Å². The topological polar surface area (TPSA) is 113 Å². The van der Waals surface area contributed by atoms with Crippen LogP contribution < -0.4 is 21.7 Å². The van der Waals surface area contributed by atoms with Crippen molar-refractivity contribution < 1.29 is 14.4 Å². The van der Waals surface area contributed by atoms with Gasteiger partial charge < -0.3 is 21.7 Å². The summed E-state index contributed by atoms with van der Waals surface area (Å²) in [6.45, 7) is 3.98. The van der Waals surface area contributed by atoms with Crippen molar-refractivity contribution in [2.45, 2.75) is 19.9 Å². The normalized spacial score (nSPS) is 11.2. The van der Waals surface area contributed by atoms with E-state index in [1.165, 1.54) is 0 Å². The average molecular weight is 391 g/mol. The van der Waals surface area contributed by atoms with Crippen molar-refractivity contribution in [2.75, 3.05) is 19.6 Å². The Morgan fingerprint density at radius 3 is 2.28 bits per heavy atom. The first kappa shape index (κ1) is 23.2. The highest BCUT2D eigenvalue weighted by molar-refractivity contribution is 6.33. The van der Waals surface area contributed by atoms with Crippen molar-refractivity contribution in [2.24, 2.45) is 11.7 Å². The van der Waals surface area contributed by atoms with Gasteiger partial charge in [-0.1, -0.05) is 37.6 Å². The second kappa shape index (κ2) is 11.7. The fraction of sp³-hybridized carbons (Fsp3) is 0.438. The van der Waals surface area contributed by atoms with Crippen molar-refractivity contribution in [3.63, 3.8) is 0 Å². The van der Waals surface area contributed by atoms with E-state index in [9.17, 15) is 14.4 Å². The second-order valence-corrected chi connectivity index (χ2v) is 5.98. The number of hydrogen-bond acceptors (Lipinski definition) is 4. The number of nitrogens with one attached hydrogen (secondary N) is 3. The van der Waals surface area contributed by atoms with Crippen LogP contribution in [0.5, 0.6) is 0 Å². The molecule has 9 heteroatoms. The molecule has 140 valence electrons. The van der Waals surface area contributed by atoms with Crippen molar-refractivity contribution >= 4 is 41.7 Å². The molecule has 1 aromatic carbocycles. The van der Waals surface area contributed by atoms with E-state index in [1.807, 2.05) is 13.8 Å². The Labute approximate surface area is 158 Å². The monoisotopic (exact) mass is 390 g/mol. The van der Waals surface area contributed by atoms with Gasteiger partial charge in [0, 0.05) is 13.1 Å². The third-order valence-electron chi connectivity index (χ3n) is 3.30. The number of carbonyl (C=O) groups excluding carboxylic acids is 3. The standard InChI is InChI=1S/C16H23ClN4O3.ClH/c1-10(2)14(18)16(24)21-9-13(22)19-7-8-20-15(23)11-5-3-4-6-12(11)17;/h3-6,10,14H,7-9,18H2,1-2H3,(H,19,22)(H,20,23)(H,21,24);1H/t14-;/m0./s1. The van der Waals surface area contributed by atoms with Crippen LogP contribution in [0.1, 0.15) is 24.2 Å². The van der Waals surface area contributed by atoms with Crippen LogP contribution in [0.3, 0.4) is 0 Å². The van der Waals surface area contributed by atoms with Gasteiger partial charge in [-0.05, 0) is 18.1 Å². The molecule has 7 nitrogen and oxygen atoms in total. The number of carbonyl (C=O) groups is 3. The van der Waals surface area contributed by atoms with E-state index >= 15 is 0 Å². The molecule has 1 aromatic rings. The summed E-state index contributed by atoms with van der Waals surface area (Å²) < 4.78 is 0. The summed E-state index contributed by atoms with van der Waals surface area (Å²) in [7, 11) is 0. The third kappa shape index (κ3) is 8.20. The van der Waals surface area contributed by atoms with E-state index in [2.05, 4.69) is 16.0 Å². The molecule has 25 heavy (non-hydrogen) atoms. The van der Waals surface area contributed by atoms with Gasteiger partial charge in [-0.15, -0.1) is 12.4 Å². The summed E-state index contributed by atoms with van der Waals surface area (Å²) >= 11 is 5.92. The van der Waals surface area contributed by atoms with Crippen LogP contribution >= 0.6 is 24.0 Å². The van der Waals surface area contributed by atoms with Crippen LogP contribution in [-0.4, -0.2) is 43.4 Å². The predicted molar refractivity (Wildman–Crippen MR) is 99.9 cm³/mol. The Hall–Kier alpha value is -1.83. The Bertz CT molecular complexity index is 596. The summed E-state index contributed by atoms with van der Waals surface area (Å²) in [5.41, 5.74) is 6.04. The molecule has 0 aromatic heterocycles. The van der Waals surface area contributed by atoms with Gasteiger partial charge in [0.15, 0.2) is 0 Å². The van der Waals surface area contributed by atoms with E-state index in [-0.39, 0.29) is 55.7 Å². The minimum absolute atomic E-state index is 0. The molecule has 5 N–H and O–H groups in total. The molecule has 0 aliphatic heterocycles. The molecule has 1 atom stereocenters. The molecule has 3 amide bonds. The second-order valence-electron chi connectivity index (χ2n) is 5.57.